The molecule has 70 valence electrons. The van der Waals surface area contributed by atoms with E-state index >= 15 is 0 Å². The quantitative estimate of drug-likeness (QED) is 0.686. The van der Waals surface area contributed by atoms with Crippen LogP contribution in [0.4, 0.5) is 8.78 Å². The van der Waals surface area contributed by atoms with Gasteiger partial charge in [0.25, 0.3) is 0 Å². The summed E-state index contributed by atoms with van der Waals surface area (Å²) in [5.74, 6) is -0.922. The molecule has 1 aromatic carbocycles. The van der Waals surface area contributed by atoms with Crippen molar-refractivity contribution >= 4 is 0 Å². The van der Waals surface area contributed by atoms with E-state index in [1.807, 2.05) is 0 Å². The summed E-state index contributed by atoms with van der Waals surface area (Å²) in [4.78, 5) is 0. The Balaban J connectivity index is 2.13. The number of hydrogen-bond acceptors (Lipinski definition) is 1. The number of hydrogen-bond donors (Lipinski definition) is 0. The molecule has 2 rings (SSSR count). The van der Waals surface area contributed by atoms with Crippen molar-refractivity contribution in [1.29, 1.82) is 0 Å². The molecule has 0 unspecified atom stereocenters. The molecule has 0 amide bonds. The van der Waals surface area contributed by atoms with Crippen molar-refractivity contribution in [2.45, 2.75) is 25.4 Å². The molecule has 1 aliphatic rings. The third-order valence-electron chi connectivity index (χ3n) is 2.24. The minimum absolute atomic E-state index is 0.0321. The summed E-state index contributed by atoms with van der Waals surface area (Å²) in [5, 5.41) is 0. The number of rotatable bonds is 2. The van der Waals surface area contributed by atoms with Gasteiger partial charge in [-0.3, -0.25) is 0 Å². The fraction of sp³-hybridized carbons (Fsp3) is 0.400. The largest absolute Gasteiger partial charge is 0.487 e. The fourth-order valence-electron chi connectivity index (χ4n) is 1.24. The monoisotopic (exact) mass is 184 g/mol. The first-order valence-electron chi connectivity index (χ1n) is 4.37. The van der Waals surface area contributed by atoms with Gasteiger partial charge in [0.2, 0.25) is 0 Å². The van der Waals surface area contributed by atoms with Crippen LogP contribution in [-0.2, 0) is 0 Å². The van der Waals surface area contributed by atoms with Crippen LogP contribution in [-0.4, -0.2) is 6.10 Å². The van der Waals surface area contributed by atoms with Crippen molar-refractivity contribution in [1.82, 2.24) is 0 Å². The zero-order valence-electron chi connectivity index (χ0n) is 7.09. The Morgan fingerprint density at radius 2 is 2.00 bits per heavy atom. The van der Waals surface area contributed by atoms with Gasteiger partial charge in [-0.25, -0.2) is 8.78 Å². The van der Waals surface area contributed by atoms with Gasteiger partial charge in [-0.1, -0.05) is 0 Å². The molecule has 0 atom stereocenters. The Morgan fingerprint density at radius 3 is 2.62 bits per heavy atom. The van der Waals surface area contributed by atoms with Gasteiger partial charge in [-0.2, -0.15) is 0 Å². The highest BCUT2D eigenvalue weighted by Crippen LogP contribution is 2.27. The maximum absolute atomic E-state index is 13.0. The van der Waals surface area contributed by atoms with E-state index in [0.29, 0.717) is 0 Å². The lowest BCUT2D eigenvalue weighted by atomic mass is 9.96. The molecular weight excluding hydrogens is 174 g/mol. The molecule has 0 heterocycles. The smallest absolute Gasteiger partial charge is 0.165 e. The van der Waals surface area contributed by atoms with Crippen LogP contribution in [0.5, 0.6) is 5.75 Å². The van der Waals surface area contributed by atoms with Gasteiger partial charge in [0, 0.05) is 6.07 Å². The second kappa shape index (κ2) is 3.32. The SMILES string of the molecule is Fc1ccc(F)c(OC2CCC2)c1. The van der Waals surface area contributed by atoms with Gasteiger partial charge in [0.1, 0.15) is 5.82 Å². The molecule has 1 aliphatic carbocycles. The highest BCUT2D eigenvalue weighted by atomic mass is 19.1. The van der Waals surface area contributed by atoms with E-state index in [-0.39, 0.29) is 11.9 Å². The number of halogens is 2. The minimum Gasteiger partial charge on any atom is -0.487 e. The van der Waals surface area contributed by atoms with Gasteiger partial charge >= 0.3 is 0 Å². The summed E-state index contributed by atoms with van der Waals surface area (Å²) in [5.41, 5.74) is 0. The Hall–Kier alpha value is -1.12. The average Bonchev–Trinajstić information content (AvgIpc) is 2.03. The minimum atomic E-state index is -0.492. The van der Waals surface area contributed by atoms with E-state index in [1.165, 1.54) is 0 Å². The molecule has 1 aromatic rings. The molecule has 13 heavy (non-hydrogen) atoms. The van der Waals surface area contributed by atoms with Crippen molar-refractivity contribution in [2.75, 3.05) is 0 Å². The van der Waals surface area contributed by atoms with Gasteiger partial charge < -0.3 is 4.74 Å². The molecule has 0 spiro atoms. The Bertz CT molecular complexity index is 308. The molecule has 0 aliphatic heterocycles. The molecule has 0 radical (unpaired) electrons. The first-order valence-corrected chi connectivity index (χ1v) is 4.37. The normalized spacial score (nSPS) is 16.8. The Morgan fingerprint density at radius 1 is 1.23 bits per heavy atom. The lowest BCUT2D eigenvalue weighted by Crippen LogP contribution is -2.25. The molecule has 1 saturated carbocycles. The molecule has 1 fully saturated rings. The van der Waals surface area contributed by atoms with E-state index < -0.39 is 11.6 Å². The highest BCUT2D eigenvalue weighted by molar-refractivity contribution is 5.25. The van der Waals surface area contributed by atoms with Crippen LogP contribution in [0.15, 0.2) is 18.2 Å². The highest BCUT2D eigenvalue weighted by Gasteiger charge is 2.20. The second-order valence-corrected chi connectivity index (χ2v) is 3.25. The molecular formula is C10H10F2O. The maximum Gasteiger partial charge on any atom is 0.165 e. The molecule has 0 N–H and O–H groups in total. The lowest BCUT2D eigenvalue weighted by molar-refractivity contribution is 0.114. The maximum atomic E-state index is 13.0. The van der Waals surface area contributed by atoms with Crippen LogP contribution >= 0.6 is 0 Å². The molecule has 0 aromatic heterocycles. The van der Waals surface area contributed by atoms with E-state index in [1.54, 1.807) is 0 Å². The van der Waals surface area contributed by atoms with Crippen LogP contribution in [0.3, 0.4) is 0 Å². The van der Waals surface area contributed by atoms with Crippen molar-refractivity contribution in [3.05, 3.63) is 29.8 Å². The van der Waals surface area contributed by atoms with E-state index in [0.717, 1.165) is 37.5 Å². The number of benzene rings is 1. The summed E-state index contributed by atoms with van der Waals surface area (Å²) < 4.78 is 30.9. The predicted octanol–water partition coefficient (Wildman–Crippen LogP) is 2.90. The topological polar surface area (TPSA) is 9.23 Å². The summed E-state index contributed by atoms with van der Waals surface area (Å²) in [6, 6.07) is 3.26. The third-order valence-corrected chi connectivity index (χ3v) is 2.24. The van der Waals surface area contributed by atoms with E-state index in [4.69, 9.17) is 4.74 Å². The van der Waals surface area contributed by atoms with E-state index in [9.17, 15) is 8.78 Å². The molecule has 0 saturated heterocycles. The van der Waals surface area contributed by atoms with Crippen LogP contribution in [0.1, 0.15) is 19.3 Å². The zero-order valence-corrected chi connectivity index (χ0v) is 7.09. The first-order chi connectivity index (χ1) is 6.25. The summed E-state index contributed by atoms with van der Waals surface area (Å²) in [6.07, 6.45) is 3.07. The first kappa shape index (κ1) is 8.48. The predicted molar refractivity (Wildman–Crippen MR) is 44.6 cm³/mol. The molecule has 1 nitrogen and oxygen atoms in total. The van der Waals surface area contributed by atoms with Crippen LogP contribution in [0, 0.1) is 11.6 Å². The van der Waals surface area contributed by atoms with Crippen LogP contribution < -0.4 is 4.74 Å². The summed E-state index contributed by atoms with van der Waals surface area (Å²) in [7, 11) is 0. The standard InChI is InChI=1S/C10H10F2O/c11-7-4-5-9(12)10(6-7)13-8-2-1-3-8/h4-6,8H,1-3H2. The summed E-state index contributed by atoms with van der Waals surface area (Å²) >= 11 is 0. The van der Waals surface area contributed by atoms with Crippen molar-refractivity contribution in [3.8, 4) is 5.75 Å². The fourth-order valence-corrected chi connectivity index (χ4v) is 1.24. The van der Waals surface area contributed by atoms with Crippen LogP contribution in [0.2, 0.25) is 0 Å². The molecule has 0 bridgehead atoms. The summed E-state index contributed by atoms with van der Waals surface area (Å²) in [6.45, 7) is 0. The van der Waals surface area contributed by atoms with Gasteiger partial charge in [0.15, 0.2) is 11.6 Å². The van der Waals surface area contributed by atoms with Crippen LogP contribution in [0.25, 0.3) is 0 Å². The lowest BCUT2D eigenvalue weighted by Gasteiger charge is -2.26. The van der Waals surface area contributed by atoms with Gasteiger partial charge in [-0.15, -0.1) is 0 Å². The van der Waals surface area contributed by atoms with Crippen molar-refractivity contribution in [2.24, 2.45) is 0 Å². The average molecular weight is 184 g/mol. The zero-order chi connectivity index (χ0) is 9.26. The van der Waals surface area contributed by atoms with E-state index in [2.05, 4.69) is 0 Å². The molecule has 3 heteroatoms. The number of ether oxygens (including phenoxy) is 1. The van der Waals surface area contributed by atoms with Gasteiger partial charge in [-0.05, 0) is 31.4 Å². The Kier molecular flexibility index (Phi) is 2.17. The second-order valence-electron chi connectivity index (χ2n) is 3.25. The third kappa shape index (κ3) is 1.79. The van der Waals surface area contributed by atoms with Crippen molar-refractivity contribution in [3.63, 3.8) is 0 Å². The van der Waals surface area contributed by atoms with Gasteiger partial charge in [0.05, 0.1) is 6.10 Å². The van der Waals surface area contributed by atoms with Crippen molar-refractivity contribution < 1.29 is 13.5 Å². The Labute approximate surface area is 75.3 Å².